The molecule has 180 valence electrons. The molecule has 2 amide bonds. The number of unbranched alkanes of at least 4 members (excludes halogenated alkanes) is 1. The molecule has 0 aliphatic carbocycles. The summed E-state index contributed by atoms with van der Waals surface area (Å²) >= 11 is 0. The van der Waals surface area contributed by atoms with E-state index in [1.807, 2.05) is 19.9 Å². The summed E-state index contributed by atoms with van der Waals surface area (Å²) in [7, 11) is -3.80. The number of carbonyl (C=O) groups excluding carboxylic acids is 2. The molecule has 0 saturated carbocycles. The van der Waals surface area contributed by atoms with Gasteiger partial charge in [-0.15, -0.1) is 0 Å². The predicted molar refractivity (Wildman–Crippen MR) is 128 cm³/mol. The number of hydrogen-bond acceptors (Lipinski definition) is 4. The second-order valence-electron chi connectivity index (χ2n) is 8.04. The van der Waals surface area contributed by atoms with Gasteiger partial charge in [-0.3, -0.25) is 13.9 Å². The molecule has 1 atom stereocenters. The number of aryl methyl sites for hydroxylation is 1. The van der Waals surface area contributed by atoms with Gasteiger partial charge in [0.25, 0.3) is 0 Å². The molecule has 1 N–H and O–H groups in total. The number of amides is 2. The van der Waals surface area contributed by atoms with E-state index in [4.69, 9.17) is 0 Å². The van der Waals surface area contributed by atoms with Gasteiger partial charge in [-0.1, -0.05) is 43.7 Å². The van der Waals surface area contributed by atoms with Crippen molar-refractivity contribution in [3.63, 3.8) is 0 Å². The highest BCUT2D eigenvalue weighted by Crippen LogP contribution is 2.20. The molecule has 0 aliphatic rings. The van der Waals surface area contributed by atoms with Crippen molar-refractivity contribution in [2.45, 2.75) is 46.2 Å². The van der Waals surface area contributed by atoms with Gasteiger partial charge < -0.3 is 10.2 Å². The van der Waals surface area contributed by atoms with E-state index >= 15 is 0 Å². The zero-order chi connectivity index (χ0) is 24.6. The minimum absolute atomic E-state index is 0.167. The summed E-state index contributed by atoms with van der Waals surface area (Å²) < 4.78 is 40.4. The van der Waals surface area contributed by atoms with Crippen molar-refractivity contribution < 1.29 is 22.4 Å². The number of nitrogens with zero attached hydrogens (tertiary/aromatic N) is 2. The lowest BCUT2D eigenvalue weighted by Gasteiger charge is -2.31. The maximum atomic E-state index is 14.3. The normalized spacial score (nSPS) is 12.2. The van der Waals surface area contributed by atoms with Crippen LogP contribution in [0.25, 0.3) is 0 Å². The van der Waals surface area contributed by atoms with Crippen molar-refractivity contribution in [3.8, 4) is 0 Å². The van der Waals surface area contributed by atoms with Crippen LogP contribution in [-0.2, 0) is 26.2 Å². The lowest BCUT2D eigenvalue weighted by Crippen LogP contribution is -2.51. The van der Waals surface area contributed by atoms with Gasteiger partial charge in [-0.05, 0) is 44.0 Å². The van der Waals surface area contributed by atoms with Gasteiger partial charge >= 0.3 is 0 Å². The van der Waals surface area contributed by atoms with E-state index in [1.54, 1.807) is 31.2 Å². The molecule has 0 aliphatic heterocycles. The van der Waals surface area contributed by atoms with Crippen LogP contribution >= 0.6 is 0 Å². The van der Waals surface area contributed by atoms with Crippen molar-refractivity contribution in [2.24, 2.45) is 0 Å². The number of nitrogens with one attached hydrogen (secondary N) is 1. The van der Waals surface area contributed by atoms with Crippen LogP contribution in [-0.4, -0.2) is 50.5 Å². The lowest BCUT2D eigenvalue weighted by atomic mass is 10.1. The van der Waals surface area contributed by atoms with Gasteiger partial charge in [0, 0.05) is 18.7 Å². The van der Waals surface area contributed by atoms with E-state index in [9.17, 15) is 22.4 Å². The Labute approximate surface area is 195 Å². The number of benzene rings is 2. The minimum atomic E-state index is -3.80. The van der Waals surface area contributed by atoms with Gasteiger partial charge in [0.05, 0.1) is 11.9 Å². The van der Waals surface area contributed by atoms with Crippen molar-refractivity contribution in [1.29, 1.82) is 0 Å². The molecular formula is C24H32FN3O4S. The third kappa shape index (κ3) is 7.56. The first-order valence-electron chi connectivity index (χ1n) is 10.9. The van der Waals surface area contributed by atoms with Crippen LogP contribution in [0.15, 0.2) is 48.5 Å². The Balaban J connectivity index is 2.36. The molecule has 0 aromatic heterocycles. The number of sulfonamides is 1. The van der Waals surface area contributed by atoms with E-state index < -0.39 is 34.3 Å². The number of rotatable bonds is 11. The van der Waals surface area contributed by atoms with Gasteiger partial charge in [-0.2, -0.15) is 0 Å². The van der Waals surface area contributed by atoms with Crippen LogP contribution < -0.4 is 9.62 Å². The maximum absolute atomic E-state index is 14.3. The third-order valence-corrected chi connectivity index (χ3v) is 6.40. The summed E-state index contributed by atoms with van der Waals surface area (Å²) in [6, 6.07) is 11.9. The Morgan fingerprint density at radius 3 is 2.42 bits per heavy atom. The van der Waals surface area contributed by atoms with Gasteiger partial charge in [0.1, 0.15) is 18.4 Å². The minimum Gasteiger partial charge on any atom is -0.354 e. The monoisotopic (exact) mass is 477 g/mol. The Morgan fingerprint density at radius 1 is 1.12 bits per heavy atom. The maximum Gasteiger partial charge on any atom is 0.244 e. The number of anilines is 1. The fourth-order valence-corrected chi connectivity index (χ4v) is 4.17. The molecule has 0 fully saturated rings. The highest BCUT2D eigenvalue weighted by molar-refractivity contribution is 7.92. The molecule has 0 bridgehead atoms. The smallest absolute Gasteiger partial charge is 0.244 e. The first kappa shape index (κ1) is 26.3. The average Bonchev–Trinajstić information content (AvgIpc) is 2.75. The standard InChI is InChI=1S/C24H32FN3O4S/c1-5-6-14-26-24(30)19(3)27(16-20-11-7-8-13-22(20)25)23(29)17-28(33(4,31)32)21-12-9-10-18(2)15-21/h7-13,15,19H,5-6,14,16-17H2,1-4H3,(H,26,30)/t19-/m1/s1. The molecule has 2 rings (SSSR count). The molecule has 2 aromatic rings. The Morgan fingerprint density at radius 2 is 1.82 bits per heavy atom. The van der Waals surface area contributed by atoms with Crippen LogP contribution in [0.1, 0.15) is 37.8 Å². The van der Waals surface area contributed by atoms with Crippen LogP contribution in [0, 0.1) is 12.7 Å². The highest BCUT2D eigenvalue weighted by atomic mass is 32.2. The van der Waals surface area contributed by atoms with E-state index in [-0.39, 0.29) is 18.0 Å². The van der Waals surface area contributed by atoms with Crippen LogP contribution in [0.3, 0.4) is 0 Å². The van der Waals surface area contributed by atoms with Crippen LogP contribution in [0.4, 0.5) is 10.1 Å². The first-order valence-corrected chi connectivity index (χ1v) is 12.7. The van der Waals surface area contributed by atoms with Crippen molar-refractivity contribution in [2.75, 3.05) is 23.7 Å². The lowest BCUT2D eigenvalue weighted by molar-refractivity contribution is -0.139. The summed E-state index contributed by atoms with van der Waals surface area (Å²) in [6.45, 7) is 5.15. The largest absolute Gasteiger partial charge is 0.354 e. The summed E-state index contributed by atoms with van der Waals surface area (Å²) in [5, 5.41) is 2.78. The molecule has 0 unspecified atom stereocenters. The second-order valence-corrected chi connectivity index (χ2v) is 9.95. The van der Waals surface area contributed by atoms with Gasteiger partial charge in [0.15, 0.2) is 0 Å². The van der Waals surface area contributed by atoms with Crippen LogP contribution in [0.5, 0.6) is 0 Å². The zero-order valence-electron chi connectivity index (χ0n) is 19.5. The summed E-state index contributed by atoms with van der Waals surface area (Å²) in [5.74, 6) is -1.49. The van der Waals surface area contributed by atoms with Crippen molar-refractivity contribution in [3.05, 3.63) is 65.5 Å². The molecule has 2 aromatic carbocycles. The number of halogens is 1. The van der Waals surface area contributed by atoms with E-state index in [1.165, 1.54) is 23.1 Å². The Kier molecular flexibility index (Phi) is 9.40. The topological polar surface area (TPSA) is 86.8 Å². The Bertz CT molecular complexity index is 1070. The molecular weight excluding hydrogens is 445 g/mol. The summed E-state index contributed by atoms with van der Waals surface area (Å²) in [5.41, 5.74) is 1.41. The van der Waals surface area contributed by atoms with Crippen molar-refractivity contribution in [1.82, 2.24) is 10.2 Å². The molecule has 9 heteroatoms. The molecule has 0 heterocycles. The molecule has 0 radical (unpaired) electrons. The van der Waals surface area contributed by atoms with E-state index in [2.05, 4.69) is 5.32 Å². The first-order chi connectivity index (χ1) is 15.5. The van der Waals surface area contributed by atoms with E-state index in [0.717, 1.165) is 29.0 Å². The second kappa shape index (κ2) is 11.8. The number of carbonyl (C=O) groups is 2. The number of hydrogen-bond donors (Lipinski definition) is 1. The van der Waals surface area contributed by atoms with Gasteiger partial charge in [0.2, 0.25) is 21.8 Å². The summed E-state index contributed by atoms with van der Waals surface area (Å²) in [6.07, 6.45) is 2.70. The molecule has 33 heavy (non-hydrogen) atoms. The Hall–Kier alpha value is -2.94. The molecule has 0 spiro atoms. The summed E-state index contributed by atoms with van der Waals surface area (Å²) in [4.78, 5) is 27.3. The SMILES string of the molecule is CCCCNC(=O)[C@@H](C)N(Cc1ccccc1F)C(=O)CN(c1cccc(C)c1)S(C)(=O)=O. The highest BCUT2D eigenvalue weighted by Gasteiger charge is 2.30. The third-order valence-electron chi connectivity index (χ3n) is 5.26. The van der Waals surface area contributed by atoms with Crippen molar-refractivity contribution >= 4 is 27.5 Å². The average molecular weight is 478 g/mol. The van der Waals surface area contributed by atoms with Crippen LogP contribution in [0.2, 0.25) is 0 Å². The predicted octanol–water partition coefficient (Wildman–Crippen LogP) is 3.23. The van der Waals surface area contributed by atoms with Gasteiger partial charge in [-0.25, -0.2) is 12.8 Å². The fraction of sp³-hybridized carbons (Fsp3) is 0.417. The molecule has 7 nitrogen and oxygen atoms in total. The fourth-order valence-electron chi connectivity index (χ4n) is 3.33. The zero-order valence-corrected chi connectivity index (χ0v) is 20.4. The molecule has 0 saturated heterocycles. The quantitative estimate of drug-likeness (QED) is 0.504. The van der Waals surface area contributed by atoms with E-state index in [0.29, 0.717) is 12.2 Å².